The largest absolute Gasteiger partial charge is 0.489 e. The van der Waals surface area contributed by atoms with Crippen molar-refractivity contribution in [1.29, 1.82) is 0 Å². The number of benzene rings is 1. The highest BCUT2D eigenvalue weighted by atomic mass is 19.3. The maximum atomic E-state index is 14.5. The molecule has 1 aromatic heterocycles. The molecule has 33 heavy (non-hydrogen) atoms. The molecule has 0 radical (unpaired) electrons. The molecular weight excluding hydrogens is 435 g/mol. The fourth-order valence-electron chi connectivity index (χ4n) is 4.19. The zero-order valence-corrected chi connectivity index (χ0v) is 18.7. The first-order valence-electron chi connectivity index (χ1n) is 11.1. The highest BCUT2D eigenvalue weighted by Gasteiger charge is 2.35. The van der Waals surface area contributed by atoms with Gasteiger partial charge in [-0.25, -0.2) is 18.2 Å². The Labute approximate surface area is 191 Å². The summed E-state index contributed by atoms with van der Waals surface area (Å²) < 4.78 is 47.5. The zero-order chi connectivity index (χ0) is 23.6. The Balaban J connectivity index is 1.37. The van der Waals surface area contributed by atoms with E-state index in [1.54, 1.807) is 9.80 Å². The van der Waals surface area contributed by atoms with Crippen molar-refractivity contribution in [2.75, 3.05) is 36.0 Å². The summed E-state index contributed by atoms with van der Waals surface area (Å²) >= 11 is 0. The number of nitrogens with zero attached hydrogens (tertiary/aromatic N) is 4. The van der Waals surface area contributed by atoms with E-state index in [2.05, 4.69) is 15.3 Å². The number of amides is 1. The standard InChI is InChI=1S/C23H28F3N5O2/c1-15(28-16(2)32)17-3-5-18(6-4-17)33-19-7-10-31(14-19)21-20(24)13-27-22(29-21)30-11-8-23(25,26)9-12-30/h3-6,13,15,19H,7-12,14H2,1-2H3,(H,28,32)/t15-,19+/m0/s1. The van der Waals surface area contributed by atoms with E-state index >= 15 is 0 Å². The van der Waals surface area contributed by atoms with Crippen molar-refractivity contribution >= 4 is 17.7 Å². The van der Waals surface area contributed by atoms with Gasteiger partial charge in [0.15, 0.2) is 11.6 Å². The minimum atomic E-state index is -2.67. The van der Waals surface area contributed by atoms with Gasteiger partial charge in [-0.1, -0.05) is 12.1 Å². The molecule has 0 unspecified atom stereocenters. The second-order valence-electron chi connectivity index (χ2n) is 8.65. The Morgan fingerprint density at radius 2 is 1.88 bits per heavy atom. The molecule has 0 saturated carbocycles. The number of carbonyl (C=O) groups is 1. The maximum Gasteiger partial charge on any atom is 0.251 e. The molecule has 4 rings (SSSR count). The fourth-order valence-corrected chi connectivity index (χ4v) is 4.19. The van der Waals surface area contributed by atoms with E-state index in [4.69, 9.17) is 4.74 Å². The van der Waals surface area contributed by atoms with Gasteiger partial charge in [0.2, 0.25) is 11.9 Å². The number of halogens is 3. The molecule has 2 fully saturated rings. The number of nitrogens with one attached hydrogen (secondary N) is 1. The van der Waals surface area contributed by atoms with Gasteiger partial charge in [0.1, 0.15) is 11.9 Å². The molecule has 2 saturated heterocycles. The fraction of sp³-hybridized carbons (Fsp3) is 0.522. The van der Waals surface area contributed by atoms with Crippen LogP contribution in [0, 0.1) is 5.82 Å². The minimum Gasteiger partial charge on any atom is -0.489 e. The highest BCUT2D eigenvalue weighted by Crippen LogP contribution is 2.31. The van der Waals surface area contributed by atoms with Crippen LogP contribution < -0.4 is 19.9 Å². The molecule has 2 atom stereocenters. The Bertz CT molecular complexity index is 979. The van der Waals surface area contributed by atoms with Gasteiger partial charge in [-0.15, -0.1) is 0 Å². The summed E-state index contributed by atoms with van der Waals surface area (Å²) in [4.78, 5) is 23.1. The second-order valence-corrected chi connectivity index (χ2v) is 8.65. The Kier molecular flexibility index (Phi) is 6.62. The van der Waals surface area contributed by atoms with Crippen LogP contribution in [-0.4, -0.2) is 54.1 Å². The summed E-state index contributed by atoms with van der Waals surface area (Å²) in [5.41, 5.74) is 0.969. The molecule has 0 bridgehead atoms. The summed E-state index contributed by atoms with van der Waals surface area (Å²) in [6.45, 7) is 4.68. The lowest BCUT2D eigenvalue weighted by Gasteiger charge is -2.32. The lowest BCUT2D eigenvalue weighted by molar-refractivity contribution is -0.119. The van der Waals surface area contributed by atoms with Gasteiger partial charge >= 0.3 is 0 Å². The van der Waals surface area contributed by atoms with Crippen LogP contribution >= 0.6 is 0 Å². The molecule has 1 amide bonds. The number of hydrogen-bond acceptors (Lipinski definition) is 6. The van der Waals surface area contributed by atoms with Crippen LogP contribution in [0.3, 0.4) is 0 Å². The van der Waals surface area contributed by atoms with Crippen molar-refractivity contribution in [3.63, 3.8) is 0 Å². The maximum absolute atomic E-state index is 14.5. The van der Waals surface area contributed by atoms with Crippen LogP contribution in [0.4, 0.5) is 24.9 Å². The predicted molar refractivity (Wildman–Crippen MR) is 118 cm³/mol. The van der Waals surface area contributed by atoms with E-state index in [9.17, 15) is 18.0 Å². The van der Waals surface area contributed by atoms with Gasteiger partial charge in [0.25, 0.3) is 5.92 Å². The number of hydrogen-bond donors (Lipinski definition) is 1. The van der Waals surface area contributed by atoms with Crippen LogP contribution in [0.25, 0.3) is 0 Å². The van der Waals surface area contributed by atoms with Crippen LogP contribution in [0.1, 0.15) is 44.7 Å². The van der Waals surface area contributed by atoms with Gasteiger partial charge in [-0.05, 0) is 24.6 Å². The SMILES string of the molecule is CC(=O)N[C@@H](C)c1ccc(O[C@@H]2CCN(c3nc(N4CCC(F)(F)CC4)ncc3F)C2)cc1. The number of aromatic nitrogens is 2. The van der Waals surface area contributed by atoms with Gasteiger partial charge in [0.05, 0.1) is 18.8 Å². The normalized spacial score (nSPS) is 21.1. The third-order valence-electron chi connectivity index (χ3n) is 6.04. The van der Waals surface area contributed by atoms with Gasteiger partial charge in [-0.2, -0.15) is 4.98 Å². The number of alkyl halides is 2. The Morgan fingerprint density at radius 1 is 1.18 bits per heavy atom. The number of rotatable bonds is 6. The number of ether oxygens (including phenoxy) is 1. The van der Waals surface area contributed by atoms with E-state index in [-0.39, 0.29) is 55.8 Å². The van der Waals surface area contributed by atoms with Gasteiger partial charge < -0.3 is 19.9 Å². The molecule has 7 nitrogen and oxygen atoms in total. The van der Waals surface area contributed by atoms with Crippen molar-refractivity contribution in [2.24, 2.45) is 0 Å². The van der Waals surface area contributed by atoms with Gasteiger partial charge in [-0.3, -0.25) is 4.79 Å². The molecule has 0 aliphatic carbocycles. The van der Waals surface area contributed by atoms with Gasteiger partial charge in [0, 0.05) is 45.8 Å². The molecule has 2 aromatic rings. The van der Waals surface area contributed by atoms with Crippen molar-refractivity contribution < 1.29 is 22.7 Å². The number of carbonyl (C=O) groups excluding carboxylic acids is 1. The average Bonchev–Trinajstić information content (AvgIpc) is 3.22. The molecule has 2 aliphatic heterocycles. The Morgan fingerprint density at radius 3 is 2.55 bits per heavy atom. The Hall–Kier alpha value is -3.04. The van der Waals surface area contributed by atoms with E-state index in [0.717, 1.165) is 11.8 Å². The third-order valence-corrected chi connectivity index (χ3v) is 6.04. The third kappa shape index (κ3) is 5.66. The molecule has 178 valence electrons. The number of piperidine rings is 1. The average molecular weight is 464 g/mol. The first-order valence-corrected chi connectivity index (χ1v) is 11.1. The topological polar surface area (TPSA) is 70.6 Å². The van der Waals surface area contributed by atoms with E-state index in [1.165, 1.54) is 6.92 Å². The summed E-state index contributed by atoms with van der Waals surface area (Å²) in [6.07, 6.45) is 1.14. The van der Waals surface area contributed by atoms with Crippen molar-refractivity contribution in [3.05, 3.63) is 41.8 Å². The molecular formula is C23H28F3N5O2. The molecule has 1 N–H and O–H groups in total. The van der Waals surface area contributed by atoms with Crippen LogP contribution in [0.2, 0.25) is 0 Å². The van der Waals surface area contributed by atoms with Crippen molar-refractivity contribution in [1.82, 2.24) is 15.3 Å². The van der Waals surface area contributed by atoms with E-state index in [1.807, 2.05) is 31.2 Å². The minimum absolute atomic E-state index is 0.0905. The lowest BCUT2D eigenvalue weighted by atomic mass is 10.1. The smallest absolute Gasteiger partial charge is 0.251 e. The monoisotopic (exact) mass is 463 g/mol. The second kappa shape index (κ2) is 9.44. The first-order chi connectivity index (χ1) is 15.7. The van der Waals surface area contributed by atoms with Crippen LogP contribution in [-0.2, 0) is 4.79 Å². The lowest BCUT2D eigenvalue weighted by Crippen LogP contribution is -2.40. The van der Waals surface area contributed by atoms with Crippen molar-refractivity contribution in [2.45, 2.75) is 51.2 Å². The number of anilines is 2. The quantitative estimate of drug-likeness (QED) is 0.705. The molecule has 2 aliphatic rings. The summed E-state index contributed by atoms with van der Waals surface area (Å²) in [5, 5.41) is 2.84. The predicted octanol–water partition coefficient (Wildman–Crippen LogP) is 3.71. The summed E-state index contributed by atoms with van der Waals surface area (Å²) in [5.74, 6) is -2.17. The molecule has 10 heteroatoms. The summed E-state index contributed by atoms with van der Waals surface area (Å²) in [6, 6.07) is 7.42. The van der Waals surface area contributed by atoms with E-state index in [0.29, 0.717) is 25.3 Å². The highest BCUT2D eigenvalue weighted by molar-refractivity contribution is 5.73. The van der Waals surface area contributed by atoms with Crippen LogP contribution in [0.5, 0.6) is 5.75 Å². The molecule has 0 spiro atoms. The molecule has 3 heterocycles. The zero-order valence-electron chi connectivity index (χ0n) is 18.7. The van der Waals surface area contributed by atoms with Crippen molar-refractivity contribution in [3.8, 4) is 5.75 Å². The summed E-state index contributed by atoms with van der Waals surface area (Å²) in [7, 11) is 0. The van der Waals surface area contributed by atoms with Crippen LogP contribution in [0.15, 0.2) is 30.5 Å². The molecule has 1 aromatic carbocycles. The first kappa shape index (κ1) is 23.1. The van der Waals surface area contributed by atoms with E-state index < -0.39 is 11.7 Å².